The maximum atomic E-state index is 12.3. The summed E-state index contributed by atoms with van der Waals surface area (Å²) in [5.41, 5.74) is 0.962. The van der Waals surface area contributed by atoms with Gasteiger partial charge in [0.2, 0.25) is 17.0 Å². The SMILES string of the molecule is CC(=O)N1CCN(C(=O)CSc2n[nH]c(-c3ccccc3)n2)CC1. The van der Waals surface area contributed by atoms with Crippen LogP contribution < -0.4 is 0 Å². The Bertz CT molecular complexity index is 710. The smallest absolute Gasteiger partial charge is 0.233 e. The minimum atomic E-state index is 0.0502. The molecule has 0 saturated carbocycles. The van der Waals surface area contributed by atoms with Crippen molar-refractivity contribution in [2.45, 2.75) is 12.1 Å². The summed E-state index contributed by atoms with van der Waals surface area (Å²) in [6.45, 7) is 3.93. The molecule has 1 saturated heterocycles. The number of thioether (sulfide) groups is 1. The fourth-order valence-corrected chi connectivity index (χ4v) is 3.23. The predicted molar refractivity (Wildman–Crippen MR) is 91.4 cm³/mol. The van der Waals surface area contributed by atoms with Gasteiger partial charge in [-0.2, -0.15) is 0 Å². The molecule has 2 heterocycles. The molecule has 0 atom stereocenters. The van der Waals surface area contributed by atoms with Gasteiger partial charge in [-0.15, -0.1) is 5.10 Å². The maximum absolute atomic E-state index is 12.3. The predicted octanol–water partition coefficient (Wildman–Crippen LogP) is 1.25. The van der Waals surface area contributed by atoms with Crippen LogP contribution in [-0.2, 0) is 9.59 Å². The summed E-state index contributed by atoms with van der Waals surface area (Å²) < 4.78 is 0. The Morgan fingerprint density at radius 1 is 1.12 bits per heavy atom. The molecule has 3 rings (SSSR count). The molecule has 7 nitrogen and oxygen atoms in total. The molecule has 2 amide bonds. The van der Waals surface area contributed by atoms with E-state index in [4.69, 9.17) is 0 Å². The van der Waals surface area contributed by atoms with Gasteiger partial charge >= 0.3 is 0 Å². The number of nitrogens with zero attached hydrogens (tertiary/aromatic N) is 4. The van der Waals surface area contributed by atoms with Gasteiger partial charge in [0.15, 0.2) is 5.82 Å². The monoisotopic (exact) mass is 345 g/mol. The van der Waals surface area contributed by atoms with Crippen LogP contribution in [0, 0.1) is 0 Å². The Kier molecular flexibility index (Phi) is 5.14. The number of H-pyrrole nitrogens is 1. The fourth-order valence-electron chi connectivity index (χ4n) is 2.52. The number of carbonyl (C=O) groups excluding carboxylic acids is 2. The lowest BCUT2D eigenvalue weighted by molar-refractivity contribution is -0.136. The average Bonchev–Trinajstić information content (AvgIpc) is 3.09. The maximum Gasteiger partial charge on any atom is 0.233 e. The Morgan fingerprint density at radius 3 is 2.46 bits per heavy atom. The molecule has 1 aromatic heterocycles. The molecule has 2 aromatic rings. The lowest BCUT2D eigenvalue weighted by atomic mass is 10.2. The van der Waals surface area contributed by atoms with Crippen LogP contribution in [0.4, 0.5) is 0 Å². The van der Waals surface area contributed by atoms with Crippen molar-refractivity contribution in [3.05, 3.63) is 30.3 Å². The van der Waals surface area contributed by atoms with Gasteiger partial charge in [-0.3, -0.25) is 14.7 Å². The number of carbonyl (C=O) groups is 2. The van der Waals surface area contributed by atoms with Gasteiger partial charge < -0.3 is 9.80 Å². The van der Waals surface area contributed by atoms with Crippen molar-refractivity contribution in [1.29, 1.82) is 0 Å². The summed E-state index contributed by atoms with van der Waals surface area (Å²) in [5, 5.41) is 7.60. The van der Waals surface area contributed by atoms with E-state index in [9.17, 15) is 9.59 Å². The number of rotatable bonds is 4. The van der Waals surface area contributed by atoms with Crippen molar-refractivity contribution in [2.75, 3.05) is 31.9 Å². The van der Waals surface area contributed by atoms with Gasteiger partial charge in [-0.05, 0) is 0 Å². The minimum Gasteiger partial charge on any atom is -0.339 e. The summed E-state index contributed by atoms with van der Waals surface area (Å²) in [6.07, 6.45) is 0. The van der Waals surface area contributed by atoms with Crippen molar-refractivity contribution in [2.24, 2.45) is 0 Å². The molecular weight excluding hydrogens is 326 g/mol. The second-order valence-corrected chi connectivity index (χ2v) is 6.45. The third-order valence-corrected chi connectivity index (χ3v) is 4.75. The zero-order valence-electron chi connectivity index (χ0n) is 13.4. The molecule has 0 bridgehead atoms. The van der Waals surface area contributed by atoms with Gasteiger partial charge in [-0.1, -0.05) is 42.1 Å². The van der Waals surface area contributed by atoms with Crippen molar-refractivity contribution in [3.8, 4) is 11.4 Å². The number of aromatic nitrogens is 3. The molecule has 0 radical (unpaired) electrons. The fraction of sp³-hybridized carbons (Fsp3) is 0.375. The average molecular weight is 345 g/mol. The van der Waals surface area contributed by atoms with Gasteiger partial charge in [0.05, 0.1) is 5.75 Å². The molecule has 1 aliphatic heterocycles. The molecule has 8 heteroatoms. The van der Waals surface area contributed by atoms with E-state index in [0.717, 1.165) is 5.56 Å². The van der Waals surface area contributed by atoms with Crippen LogP contribution in [-0.4, -0.2) is 68.7 Å². The first kappa shape index (κ1) is 16.5. The lowest BCUT2D eigenvalue weighted by Gasteiger charge is -2.34. The Labute approximate surface area is 144 Å². The van der Waals surface area contributed by atoms with E-state index in [-0.39, 0.29) is 11.8 Å². The number of hydrogen-bond donors (Lipinski definition) is 1. The second-order valence-electron chi connectivity index (χ2n) is 5.51. The quantitative estimate of drug-likeness (QED) is 0.844. The zero-order valence-corrected chi connectivity index (χ0v) is 14.3. The molecule has 0 aliphatic carbocycles. The Morgan fingerprint density at radius 2 is 1.79 bits per heavy atom. The topological polar surface area (TPSA) is 82.2 Å². The van der Waals surface area contributed by atoms with E-state index in [1.54, 1.807) is 16.7 Å². The summed E-state index contributed by atoms with van der Waals surface area (Å²) in [7, 11) is 0. The summed E-state index contributed by atoms with van der Waals surface area (Å²) >= 11 is 1.32. The van der Waals surface area contributed by atoms with Crippen LogP contribution in [0.1, 0.15) is 6.92 Å². The number of aromatic amines is 1. The van der Waals surface area contributed by atoms with Gasteiger partial charge in [0.25, 0.3) is 0 Å². The van der Waals surface area contributed by atoms with Crippen molar-refractivity contribution >= 4 is 23.6 Å². The number of amides is 2. The first-order valence-corrected chi connectivity index (χ1v) is 8.76. The van der Waals surface area contributed by atoms with E-state index in [1.807, 2.05) is 30.3 Å². The largest absolute Gasteiger partial charge is 0.339 e. The van der Waals surface area contributed by atoms with Crippen molar-refractivity contribution in [3.63, 3.8) is 0 Å². The third kappa shape index (κ3) is 3.94. The molecule has 1 fully saturated rings. The van der Waals surface area contributed by atoms with E-state index in [1.165, 1.54) is 11.8 Å². The number of piperazine rings is 1. The van der Waals surface area contributed by atoms with Gasteiger partial charge in [0.1, 0.15) is 0 Å². The van der Waals surface area contributed by atoms with Crippen LogP contribution in [0.3, 0.4) is 0 Å². The highest BCUT2D eigenvalue weighted by atomic mass is 32.2. The van der Waals surface area contributed by atoms with Crippen LogP contribution in [0.5, 0.6) is 0 Å². The van der Waals surface area contributed by atoms with Crippen LogP contribution in [0.15, 0.2) is 35.5 Å². The van der Waals surface area contributed by atoms with Crippen LogP contribution >= 0.6 is 11.8 Å². The molecule has 0 unspecified atom stereocenters. The molecule has 126 valence electrons. The summed E-state index contributed by atoms with van der Waals surface area (Å²) in [6, 6.07) is 9.73. The Balaban J connectivity index is 1.50. The highest BCUT2D eigenvalue weighted by molar-refractivity contribution is 7.99. The number of benzene rings is 1. The molecule has 1 aliphatic rings. The molecule has 0 spiro atoms. The first-order valence-electron chi connectivity index (χ1n) is 7.77. The normalized spacial score (nSPS) is 14.7. The van der Waals surface area contributed by atoms with E-state index < -0.39 is 0 Å². The first-order chi connectivity index (χ1) is 11.6. The zero-order chi connectivity index (χ0) is 16.9. The summed E-state index contributed by atoms with van der Waals surface area (Å²) in [4.78, 5) is 31.5. The van der Waals surface area contributed by atoms with Crippen LogP contribution in [0.25, 0.3) is 11.4 Å². The van der Waals surface area contributed by atoms with E-state index >= 15 is 0 Å². The highest BCUT2D eigenvalue weighted by Gasteiger charge is 2.22. The number of hydrogen-bond acceptors (Lipinski definition) is 5. The molecule has 1 aromatic carbocycles. The lowest BCUT2D eigenvalue weighted by Crippen LogP contribution is -2.50. The van der Waals surface area contributed by atoms with Gasteiger partial charge in [-0.25, -0.2) is 4.98 Å². The summed E-state index contributed by atoms with van der Waals surface area (Å²) in [5.74, 6) is 1.10. The van der Waals surface area contributed by atoms with E-state index in [2.05, 4.69) is 15.2 Å². The molecule has 1 N–H and O–H groups in total. The van der Waals surface area contributed by atoms with Gasteiger partial charge in [0, 0.05) is 38.7 Å². The Hall–Kier alpha value is -2.35. The highest BCUT2D eigenvalue weighted by Crippen LogP contribution is 2.19. The standard InChI is InChI=1S/C16H19N5O2S/c1-12(22)20-7-9-21(10-8-20)14(23)11-24-16-17-15(18-19-16)13-5-3-2-4-6-13/h2-6H,7-11H2,1H3,(H,17,18,19). The molecule has 24 heavy (non-hydrogen) atoms. The van der Waals surface area contributed by atoms with Crippen LogP contribution in [0.2, 0.25) is 0 Å². The van der Waals surface area contributed by atoms with Crippen molar-refractivity contribution in [1.82, 2.24) is 25.0 Å². The van der Waals surface area contributed by atoms with Crippen molar-refractivity contribution < 1.29 is 9.59 Å². The third-order valence-electron chi connectivity index (χ3n) is 3.91. The molecular formula is C16H19N5O2S. The minimum absolute atomic E-state index is 0.0502. The second kappa shape index (κ2) is 7.48. The van der Waals surface area contributed by atoms with E-state index in [0.29, 0.717) is 42.9 Å². The number of nitrogens with one attached hydrogen (secondary N) is 1.